The van der Waals surface area contributed by atoms with Gasteiger partial charge < -0.3 is 19.6 Å². The van der Waals surface area contributed by atoms with Crippen molar-refractivity contribution in [2.75, 3.05) is 57.3 Å². The second kappa shape index (κ2) is 12.4. The van der Waals surface area contributed by atoms with Crippen molar-refractivity contribution in [1.82, 2.24) is 14.7 Å². The van der Waals surface area contributed by atoms with Gasteiger partial charge in [0.2, 0.25) is 11.8 Å². The van der Waals surface area contributed by atoms with Crippen LogP contribution in [0.15, 0.2) is 36.4 Å². The number of fused-ring (bicyclic) bond motifs is 1. The van der Waals surface area contributed by atoms with Gasteiger partial charge in [-0.25, -0.2) is 0 Å². The summed E-state index contributed by atoms with van der Waals surface area (Å²) in [6.45, 7) is 16.5. The zero-order valence-electron chi connectivity index (χ0n) is 25.5. The van der Waals surface area contributed by atoms with E-state index in [1.54, 1.807) is 6.92 Å². The summed E-state index contributed by atoms with van der Waals surface area (Å²) >= 11 is 0. The SMILES string of the molecule is CC(=O)N1CCC(C(=O)N(CCCN2CC3CN(C(=O)c4c(C)cccc4C)CC3C2)c2ccc(C)c(C)c2)CC1. The Morgan fingerprint density at radius 1 is 0.805 bits per heavy atom. The molecule has 3 saturated heterocycles. The van der Waals surface area contributed by atoms with E-state index in [4.69, 9.17) is 0 Å². The number of rotatable bonds is 7. The minimum absolute atomic E-state index is 0.0428. The number of piperidine rings is 1. The molecule has 7 nitrogen and oxygen atoms in total. The zero-order valence-corrected chi connectivity index (χ0v) is 25.5. The van der Waals surface area contributed by atoms with Gasteiger partial charge in [0.05, 0.1) is 0 Å². The number of anilines is 1. The number of benzene rings is 2. The lowest BCUT2D eigenvalue weighted by Crippen LogP contribution is -2.44. The fraction of sp³-hybridized carbons (Fsp3) is 0.559. The van der Waals surface area contributed by atoms with E-state index in [-0.39, 0.29) is 23.6 Å². The lowest BCUT2D eigenvalue weighted by molar-refractivity contribution is -0.133. The molecule has 2 aromatic rings. The molecule has 3 amide bonds. The molecule has 0 N–H and O–H groups in total. The normalized spacial score (nSPS) is 21.3. The van der Waals surface area contributed by atoms with E-state index in [2.05, 4.69) is 41.8 Å². The molecule has 2 atom stereocenters. The van der Waals surface area contributed by atoms with Crippen LogP contribution in [0.3, 0.4) is 0 Å². The van der Waals surface area contributed by atoms with Crippen LogP contribution in [0.2, 0.25) is 0 Å². The minimum atomic E-state index is -0.0428. The van der Waals surface area contributed by atoms with Crippen LogP contribution < -0.4 is 4.90 Å². The average Bonchev–Trinajstić information content (AvgIpc) is 3.51. The average molecular weight is 559 g/mol. The first-order chi connectivity index (χ1) is 19.6. The summed E-state index contributed by atoms with van der Waals surface area (Å²) < 4.78 is 0. The Morgan fingerprint density at radius 2 is 1.44 bits per heavy atom. The van der Waals surface area contributed by atoms with Crippen molar-refractivity contribution in [3.8, 4) is 0 Å². The number of hydrogen-bond donors (Lipinski definition) is 0. The number of aryl methyl sites for hydroxylation is 4. The van der Waals surface area contributed by atoms with Crippen LogP contribution in [-0.2, 0) is 9.59 Å². The van der Waals surface area contributed by atoms with Crippen LogP contribution in [0.4, 0.5) is 5.69 Å². The van der Waals surface area contributed by atoms with Crippen LogP contribution in [0.1, 0.15) is 58.8 Å². The predicted octanol–water partition coefficient (Wildman–Crippen LogP) is 4.61. The molecule has 5 rings (SSSR count). The zero-order chi connectivity index (χ0) is 29.3. The molecule has 2 aromatic carbocycles. The van der Waals surface area contributed by atoms with Gasteiger partial charge in [0.25, 0.3) is 5.91 Å². The quantitative estimate of drug-likeness (QED) is 0.498. The first-order valence-corrected chi connectivity index (χ1v) is 15.3. The fourth-order valence-corrected chi connectivity index (χ4v) is 7.12. The highest BCUT2D eigenvalue weighted by Crippen LogP contribution is 2.33. The topological polar surface area (TPSA) is 64.2 Å². The Balaban J connectivity index is 1.17. The van der Waals surface area contributed by atoms with E-state index in [1.807, 2.05) is 41.8 Å². The summed E-state index contributed by atoms with van der Waals surface area (Å²) in [5.74, 6) is 1.46. The van der Waals surface area contributed by atoms with Gasteiger partial charge in [-0.15, -0.1) is 0 Å². The smallest absolute Gasteiger partial charge is 0.254 e. The molecule has 0 spiro atoms. The Hall–Kier alpha value is -3.19. The van der Waals surface area contributed by atoms with Gasteiger partial charge in [-0.3, -0.25) is 14.4 Å². The molecule has 7 heteroatoms. The summed E-state index contributed by atoms with van der Waals surface area (Å²) in [5, 5.41) is 0. The van der Waals surface area contributed by atoms with Crippen molar-refractivity contribution >= 4 is 23.4 Å². The maximum Gasteiger partial charge on any atom is 0.254 e. The Morgan fingerprint density at radius 3 is 2.02 bits per heavy atom. The largest absolute Gasteiger partial charge is 0.343 e. The Labute approximate surface area is 245 Å². The fourth-order valence-electron chi connectivity index (χ4n) is 7.12. The van der Waals surface area contributed by atoms with Crippen molar-refractivity contribution in [2.45, 2.75) is 53.9 Å². The van der Waals surface area contributed by atoms with Gasteiger partial charge in [0.1, 0.15) is 0 Å². The van der Waals surface area contributed by atoms with Gasteiger partial charge in [0.15, 0.2) is 0 Å². The lowest BCUT2D eigenvalue weighted by atomic mass is 9.94. The molecular weight excluding hydrogens is 512 g/mol. The number of likely N-dealkylation sites (tertiary alicyclic amines) is 3. The molecule has 3 aliphatic heterocycles. The maximum atomic E-state index is 13.8. The molecule has 0 aromatic heterocycles. The van der Waals surface area contributed by atoms with E-state index < -0.39 is 0 Å². The van der Waals surface area contributed by atoms with Crippen LogP contribution in [-0.4, -0.2) is 84.8 Å². The van der Waals surface area contributed by atoms with Crippen LogP contribution in [0, 0.1) is 45.4 Å². The van der Waals surface area contributed by atoms with E-state index in [0.29, 0.717) is 31.5 Å². The van der Waals surface area contributed by atoms with Crippen LogP contribution >= 0.6 is 0 Å². The highest BCUT2D eigenvalue weighted by molar-refractivity contribution is 5.97. The third kappa shape index (κ3) is 6.35. The maximum absolute atomic E-state index is 13.8. The van der Waals surface area contributed by atoms with Crippen molar-refractivity contribution in [1.29, 1.82) is 0 Å². The summed E-state index contributed by atoms with van der Waals surface area (Å²) in [7, 11) is 0. The molecule has 3 aliphatic rings. The van der Waals surface area contributed by atoms with E-state index in [1.165, 1.54) is 11.1 Å². The summed E-state index contributed by atoms with van der Waals surface area (Å²) in [4.78, 5) is 47.4. The van der Waals surface area contributed by atoms with Crippen molar-refractivity contribution in [3.63, 3.8) is 0 Å². The van der Waals surface area contributed by atoms with E-state index in [0.717, 1.165) is 74.4 Å². The number of carbonyl (C=O) groups excluding carboxylic acids is 3. The highest BCUT2D eigenvalue weighted by Gasteiger charge is 2.42. The number of nitrogens with zero attached hydrogens (tertiary/aromatic N) is 4. The number of amides is 3. The molecule has 3 heterocycles. The van der Waals surface area contributed by atoms with Crippen molar-refractivity contribution in [2.24, 2.45) is 17.8 Å². The molecule has 0 aliphatic carbocycles. The monoisotopic (exact) mass is 558 g/mol. The molecule has 0 saturated carbocycles. The van der Waals surface area contributed by atoms with Gasteiger partial charge in [-0.05, 0) is 99.7 Å². The van der Waals surface area contributed by atoms with Gasteiger partial charge in [-0.1, -0.05) is 24.3 Å². The molecule has 3 fully saturated rings. The number of hydrogen-bond acceptors (Lipinski definition) is 4. The first kappa shape index (κ1) is 29.3. The van der Waals surface area contributed by atoms with Crippen molar-refractivity contribution in [3.05, 3.63) is 64.2 Å². The molecule has 0 bridgehead atoms. The van der Waals surface area contributed by atoms with Gasteiger partial charge in [0, 0.05) is 69.9 Å². The minimum Gasteiger partial charge on any atom is -0.343 e. The lowest BCUT2D eigenvalue weighted by Gasteiger charge is -2.34. The van der Waals surface area contributed by atoms with Crippen LogP contribution in [0.5, 0.6) is 0 Å². The Kier molecular flexibility index (Phi) is 8.83. The van der Waals surface area contributed by atoms with Crippen LogP contribution in [0.25, 0.3) is 0 Å². The summed E-state index contributed by atoms with van der Waals surface area (Å²) in [6.07, 6.45) is 2.37. The van der Waals surface area contributed by atoms with Gasteiger partial charge in [-0.2, -0.15) is 0 Å². The molecule has 41 heavy (non-hydrogen) atoms. The number of carbonyl (C=O) groups is 3. The third-order valence-electron chi connectivity index (χ3n) is 9.76. The standard InChI is InChI=1S/C34H46N4O3/c1-23-10-11-31(18-26(23)4)38(33(40)28-12-16-36(17-13-28)27(5)39)15-7-14-35-19-29-21-37(22-30(29)20-35)34(41)32-24(2)8-6-9-25(32)3/h6,8-11,18,28-30H,7,12-17,19-22H2,1-5H3. The Bertz CT molecular complexity index is 1260. The summed E-state index contributed by atoms with van der Waals surface area (Å²) in [6, 6.07) is 12.4. The summed E-state index contributed by atoms with van der Waals surface area (Å²) in [5.41, 5.74) is 6.38. The first-order valence-electron chi connectivity index (χ1n) is 15.3. The highest BCUT2D eigenvalue weighted by atomic mass is 16.2. The second-order valence-corrected chi connectivity index (χ2v) is 12.6. The predicted molar refractivity (Wildman–Crippen MR) is 163 cm³/mol. The van der Waals surface area contributed by atoms with Gasteiger partial charge >= 0.3 is 0 Å². The molecule has 0 radical (unpaired) electrons. The third-order valence-corrected chi connectivity index (χ3v) is 9.76. The molecular formula is C34H46N4O3. The van der Waals surface area contributed by atoms with E-state index in [9.17, 15) is 14.4 Å². The van der Waals surface area contributed by atoms with E-state index >= 15 is 0 Å². The molecule has 2 unspecified atom stereocenters. The molecule has 220 valence electrons. The second-order valence-electron chi connectivity index (χ2n) is 12.6. The van der Waals surface area contributed by atoms with Crippen molar-refractivity contribution < 1.29 is 14.4 Å².